The topological polar surface area (TPSA) is 86.5 Å². The molecule has 0 aliphatic carbocycles. The molecule has 92 valence electrons. The Morgan fingerprint density at radius 2 is 1.81 bits per heavy atom. The highest BCUT2D eigenvalue weighted by molar-refractivity contribution is 5.82. The van der Waals surface area contributed by atoms with Crippen LogP contribution in [0.3, 0.4) is 0 Å². The molecule has 0 atom stereocenters. The van der Waals surface area contributed by atoms with Crippen molar-refractivity contribution in [3.8, 4) is 0 Å². The summed E-state index contributed by atoms with van der Waals surface area (Å²) in [6.07, 6.45) is 0.416. The summed E-state index contributed by atoms with van der Waals surface area (Å²) in [5.74, 6) is -0.595. The average molecular weight is 231 g/mol. The van der Waals surface area contributed by atoms with Gasteiger partial charge in [-0.1, -0.05) is 0 Å². The summed E-state index contributed by atoms with van der Waals surface area (Å²) in [4.78, 5) is 32.2. The van der Waals surface area contributed by atoms with Crippen molar-refractivity contribution in [3.63, 3.8) is 0 Å². The molecule has 0 N–H and O–H groups in total. The molecule has 0 aromatic heterocycles. The van der Waals surface area contributed by atoms with Crippen molar-refractivity contribution < 1.29 is 19.2 Å². The molecule has 0 radical (unpaired) electrons. The fourth-order valence-electron chi connectivity index (χ4n) is 1.01. The summed E-state index contributed by atoms with van der Waals surface area (Å²) < 4.78 is 4.38. The van der Waals surface area contributed by atoms with Crippen LogP contribution in [0.25, 0.3) is 0 Å². The van der Waals surface area contributed by atoms with E-state index in [2.05, 4.69) is 4.74 Å². The smallest absolute Gasteiger partial charge is 0.305 e. The highest BCUT2D eigenvalue weighted by atomic mass is 16.6. The molecule has 0 aliphatic rings. The Balaban J connectivity index is 3.90. The number of rotatable bonds is 7. The van der Waals surface area contributed by atoms with E-state index in [1.54, 1.807) is 0 Å². The monoisotopic (exact) mass is 231 g/mol. The SMILES string of the molecule is COC(=O)CCC(=O)CCC(C)(C)[N+](=O)[O-]. The third-order valence-corrected chi connectivity index (χ3v) is 2.35. The van der Waals surface area contributed by atoms with E-state index in [9.17, 15) is 19.7 Å². The summed E-state index contributed by atoms with van der Waals surface area (Å²) in [5, 5.41) is 10.6. The van der Waals surface area contributed by atoms with Crippen LogP contribution in [0.4, 0.5) is 0 Å². The second kappa shape index (κ2) is 6.19. The molecule has 0 rings (SSSR count). The van der Waals surface area contributed by atoms with E-state index in [4.69, 9.17) is 0 Å². The molecule has 0 saturated carbocycles. The van der Waals surface area contributed by atoms with Crippen molar-refractivity contribution in [2.45, 2.75) is 45.1 Å². The van der Waals surface area contributed by atoms with Crippen LogP contribution in [0.2, 0.25) is 0 Å². The first-order valence-electron chi connectivity index (χ1n) is 5.02. The molecule has 0 fully saturated rings. The Morgan fingerprint density at radius 1 is 1.25 bits per heavy atom. The van der Waals surface area contributed by atoms with Crippen molar-refractivity contribution in [1.82, 2.24) is 0 Å². The maximum atomic E-state index is 11.3. The summed E-state index contributed by atoms with van der Waals surface area (Å²) >= 11 is 0. The fourth-order valence-corrected chi connectivity index (χ4v) is 1.01. The highest BCUT2D eigenvalue weighted by Crippen LogP contribution is 2.16. The van der Waals surface area contributed by atoms with Crippen molar-refractivity contribution in [1.29, 1.82) is 0 Å². The van der Waals surface area contributed by atoms with E-state index in [-0.39, 0.29) is 31.5 Å². The van der Waals surface area contributed by atoms with Crippen LogP contribution in [0.15, 0.2) is 0 Å². The van der Waals surface area contributed by atoms with Gasteiger partial charge in [0.15, 0.2) is 0 Å². The number of nitro groups is 1. The standard InChI is InChI=1S/C10H17NO5/c1-10(2,11(14)15)7-6-8(12)4-5-9(13)16-3/h4-7H2,1-3H3. The van der Waals surface area contributed by atoms with E-state index in [1.165, 1.54) is 21.0 Å². The van der Waals surface area contributed by atoms with Crippen molar-refractivity contribution in [2.24, 2.45) is 0 Å². The molecule has 0 unspecified atom stereocenters. The van der Waals surface area contributed by atoms with Gasteiger partial charge in [-0.15, -0.1) is 0 Å². The molecule has 0 saturated heterocycles. The van der Waals surface area contributed by atoms with Crippen molar-refractivity contribution in [2.75, 3.05) is 7.11 Å². The number of ether oxygens (including phenoxy) is 1. The molecular formula is C10H17NO5. The van der Waals surface area contributed by atoms with Crippen LogP contribution in [0.1, 0.15) is 39.5 Å². The number of hydrogen-bond donors (Lipinski definition) is 0. The number of carbonyl (C=O) groups is 2. The molecule has 0 bridgehead atoms. The Kier molecular flexibility index (Phi) is 5.63. The fraction of sp³-hybridized carbons (Fsp3) is 0.800. The normalized spacial score (nSPS) is 10.9. The van der Waals surface area contributed by atoms with Gasteiger partial charge in [-0.2, -0.15) is 0 Å². The van der Waals surface area contributed by atoms with Gasteiger partial charge in [0.1, 0.15) is 5.78 Å². The second-order valence-electron chi connectivity index (χ2n) is 4.18. The van der Waals surface area contributed by atoms with Crippen LogP contribution in [-0.4, -0.2) is 29.3 Å². The number of carbonyl (C=O) groups excluding carboxylic acids is 2. The largest absolute Gasteiger partial charge is 0.469 e. The van der Waals surface area contributed by atoms with Crippen LogP contribution in [0.5, 0.6) is 0 Å². The van der Waals surface area contributed by atoms with Gasteiger partial charge in [0, 0.05) is 38.0 Å². The molecule has 0 spiro atoms. The van der Waals surface area contributed by atoms with Crippen LogP contribution >= 0.6 is 0 Å². The first-order valence-corrected chi connectivity index (χ1v) is 5.02. The van der Waals surface area contributed by atoms with Crippen molar-refractivity contribution in [3.05, 3.63) is 10.1 Å². The summed E-state index contributed by atoms with van der Waals surface area (Å²) in [7, 11) is 1.25. The number of Topliss-reactive ketones (excluding diaryl/α,β-unsaturated/α-hetero) is 1. The lowest BCUT2D eigenvalue weighted by Crippen LogP contribution is -2.31. The third-order valence-electron chi connectivity index (χ3n) is 2.35. The minimum absolute atomic E-state index is 0.0359. The van der Waals surface area contributed by atoms with E-state index in [0.29, 0.717) is 0 Å². The number of ketones is 1. The number of nitrogens with zero attached hydrogens (tertiary/aromatic N) is 1. The predicted octanol–water partition coefficient (Wildman–Crippen LogP) is 1.34. The first kappa shape index (κ1) is 14.5. The quantitative estimate of drug-likeness (QED) is 0.375. The van der Waals surface area contributed by atoms with Gasteiger partial charge in [-0.05, 0) is 0 Å². The highest BCUT2D eigenvalue weighted by Gasteiger charge is 2.30. The lowest BCUT2D eigenvalue weighted by atomic mass is 9.97. The molecule has 0 aromatic carbocycles. The van der Waals surface area contributed by atoms with Gasteiger partial charge >= 0.3 is 5.97 Å². The Hall–Kier alpha value is -1.46. The molecule has 0 amide bonds. The molecule has 16 heavy (non-hydrogen) atoms. The number of esters is 1. The molecular weight excluding hydrogens is 214 g/mol. The van der Waals surface area contributed by atoms with Gasteiger partial charge in [-0.3, -0.25) is 19.7 Å². The van der Waals surface area contributed by atoms with Gasteiger partial charge < -0.3 is 4.74 Å². The average Bonchev–Trinajstić information content (AvgIpc) is 2.22. The molecule has 0 aromatic rings. The zero-order valence-electron chi connectivity index (χ0n) is 9.82. The van der Waals surface area contributed by atoms with Gasteiger partial charge in [0.25, 0.3) is 0 Å². The third kappa shape index (κ3) is 5.43. The predicted molar refractivity (Wildman–Crippen MR) is 56.6 cm³/mol. The Labute approximate surface area is 94.1 Å². The Bertz CT molecular complexity index is 285. The van der Waals surface area contributed by atoms with E-state index >= 15 is 0 Å². The zero-order valence-corrected chi connectivity index (χ0v) is 9.82. The lowest BCUT2D eigenvalue weighted by Gasteiger charge is -2.14. The van der Waals surface area contributed by atoms with Crippen LogP contribution in [0, 0.1) is 10.1 Å². The molecule has 6 nitrogen and oxygen atoms in total. The van der Waals surface area contributed by atoms with Gasteiger partial charge in [0.2, 0.25) is 5.54 Å². The maximum Gasteiger partial charge on any atom is 0.305 e. The maximum absolute atomic E-state index is 11.3. The number of methoxy groups -OCH3 is 1. The minimum atomic E-state index is -1.10. The van der Waals surface area contributed by atoms with Gasteiger partial charge in [0.05, 0.1) is 13.5 Å². The molecule has 6 heteroatoms. The van der Waals surface area contributed by atoms with Crippen LogP contribution < -0.4 is 0 Å². The lowest BCUT2D eigenvalue weighted by molar-refractivity contribution is -0.561. The minimum Gasteiger partial charge on any atom is -0.469 e. The van der Waals surface area contributed by atoms with Gasteiger partial charge in [-0.25, -0.2) is 0 Å². The van der Waals surface area contributed by atoms with Crippen molar-refractivity contribution >= 4 is 11.8 Å². The van der Waals surface area contributed by atoms with Crippen LogP contribution in [-0.2, 0) is 14.3 Å². The van der Waals surface area contributed by atoms with E-state index in [1.807, 2.05) is 0 Å². The zero-order chi connectivity index (χ0) is 12.8. The first-order chi connectivity index (χ1) is 7.29. The second-order valence-corrected chi connectivity index (χ2v) is 4.18. The van der Waals surface area contributed by atoms with E-state index < -0.39 is 16.4 Å². The Morgan fingerprint density at radius 3 is 2.25 bits per heavy atom. The number of hydrogen-bond acceptors (Lipinski definition) is 5. The van der Waals surface area contributed by atoms with E-state index in [0.717, 1.165) is 0 Å². The molecule has 0 aliphatic heterocycles. The summed E-state index contributed by atoms with van der Waals surface area (Å²) in [5.41, 5.74) is -1.10. The molecule has 0 heterocycles. The summed E-state index contributed by atoms with van der Waals surface area (Å²) in [6, 6.07) is 0. The summed E-state index contributed by atoms with van der Waals surface area (Å²) in [6.45, 7) is 2.95.